The number of unbranched alkanes of at least 4 members (excludes halogenated alkanes) is 1. The molecule has 1 heterocycles. The van der Waals surface area contributed by atoms with Gasteiger partial charge in [-0.3, -0.25) is 4.90 Å². The topological polar surface area (TPSA) is 54.5 Å². The zero-order chi connectivity index (χ0) is 21.3. The van der Waals surface area contributed by atoms with Crippen LogP contribution in [0.2, 0.25) is 0 Å². The summed E-state index contributed by atoms with van der Waals surface area (Å²) in [6.07, 6.45) is 3.93. The van der Waals surface area contributed by atoms with Crippen LogP contribution >= 0.6 is 11.3 Å². The smallest absolute Gasteiger partial charge is 0.322 e. The van der Waals surface area contributed by atoms with Crippen molar-refractivity contribution in [2.45, 2.75) is 46.2 Å². The molecule has 0 unspecified atom stereocenters. The van der Waals surface area contributed by atoms with E-state index < -0.39 is 0 Å². The molecule has 2 aromatic carbocycles. The Morgan fingerprint density at radius 3 is 2.67 bits per heavy atom. The number of rotatable bonds is 9. The molecule has 0 bridgehead atoms. The lowest BCUT2D eigenvalue weighted by Crippen LogP contribution is -2.42. The maximum atomic E-state index is 12.9. The number of carbonyl (C=O) groups excluding carboxylic acids is 1. The van der Waals surface area contributed by atoms with Gasteiger partial charge in [-0.2, -0.15) is 0 Å². The summed E-state index contributed by atoms with van der Waals surface area (Å²) in [5, 5.41) is 5.95. The first-order valence-corrected chi connectivity index (χ1v) is 11.2. The van der Waals surface area contributed by atoms with Gasteiger partial charge in [0.25, 0.3) is 0 Å². The lowest BCUT2D eigenvalue weighted by molar-refractivity contribution is 0.243. The van der Waals surface area contributed by atoms with E-state index in [9.17, 15) is 4.79 Å². The summed E-state index contributed by atoms with van der Waals surface area (Å²) in [5.74, 6) is 0.821. The third-order valence-electron chi connectivity index (χ3n) is 4.52. The molecule has 3 aromatic rings. The average molecular weight is 424 g/mol. The standard InChI is InChI=1S/C24H29N3O2S/c1-4-5-14-29-22-11-9-21(10-12-22)27(24(28)26-18(2)3)17-19-7-6-8-20(16-19)23-25-13-15-30-23/h6-13,15-16,18H,4-5,14,17H2,1-3H3,(H,26,28). The van der Waals surface area contributed by atoms with Crippen molar-refractivity contribution in [3.05, 3.63) is 65.7 Å². The van der Waals surface area contributed by atoms with E-state index in [0.29, 0.717) is 13.2 Å². The Hall–Kier alpha value is -2.86. The van der Waals surface area contributed by atoms with E-state index in [4.69, 9.17) is 4.74 Å². The van der Waals surface area contributed by atoms with Crippen LogP contribution in [0.1, 0.15) is 39.2 Å². The SMILES string of the molecule is CCCCOc1ccc(N(Cc2cccc(-c3nccs3)c2)C(=O)NC(C)C)cc1. The molecule has 6 heteroatoms. The van der Waals surface area contributed by atoms with Gasteiger partial charge in [-0.1, -0.05) is 31.5 Å². The third-order valence-corrected chi connectivity index (χ3v) is 5.34. The molecular weight excluding hydrogens is 394 g/mol. The predicted octanol–water partition coefficient (Wildman–Crippen LogP) is 6.11. The molecule has 5 nitrogen and oxygen atoms in total. The van der Waals surface area contributed by atoms with E-state index >= 15 is 0 Å². The molecule has 0 spiro atoms. The monoisotopic (exact) mass is 423 g/mol. The fraction of sp³-hybridized carbons (Fsp3) is 0.333. The van der Waals surface area contributed by atoms with Crippen LogP contribution in [0.5, 0.6) is 5.75 Å². The highest BCUT2D eigenvalue weighted by molar-refractivity contribution is 7.13. The van der Waals surface area contributed by atoms with Crippen molar-refractivity contribution < 1.29 is 9.53 Å². The summed E-state index contributed by atoms with van der Waals surface area (Å²) in [5.41, 5.74) is 2.94. The molecule has 0 radical (unpaired) electrons. The number of aromatic nitrogens is 1. The minimum Gasteiger partial charge on any atom is -0.494 e. The highest BCUT2D eigenvalue weighted by Gasteiger charge is 2.17. The molecule has 0 aliphatic heterocycles. The number of urea groups is 1. The zero-order valence-corrected chi connectivity index (χ0v) is 18.6. The number of benzene rings is 2. The Labute approximate surface area is 182 Å². The fourth-order valence-electron chi connectivity index (χ4n) is 3.01. The second-order valence-electron chi connectivity index (χ2n) is 7.42. The van der Waals surface area contributed by atoms with Crippen molar-refractivity contribution in [3.63, 3.8) is 0 Å². The van der Waals surface area contributed by atoms with Crippen molar-refractivity contribution in [2.75, 3.05) is 11.5 Å². The number of nitrogens with zero attached hydrogens (tertiary/aromatic N) is 2. The molecule has 0 fully saturated rings. The first kappa shape index (κ1) is 21.8. The molecule has 0 saturated carbocycles. The van der Waals surface area contributed by atoms with E-state index in [1.807, 2.05) is 61.7 Å². The van der Waals surface area contributed by atoms with Crippen LogP contribution in [-0.2, 0) is 6.54 Å². The lowest BCUT2D eigenvalue weighted by atomic mass is 10.1. The summed E-state index contributed by atoms with van der Waals surface area (Å²) in [6.45, 7) is 7.24. The molecule has 0 saturated heterocycles. The fourth-order valence-corrected chi connectivity index (χ4v) is 3.65. The maximum absolute atomic E-state index is 12.9. The second kappa shape index (κ2) is 10.8. The van der Waals surface area contributed by atoms with Gasteiger partial charge in [-0.05, 0) is 56.2 Å². The average Bonchev–Trinajstić information content (AvgIpc) is 3.28. The summed E-state index contributed by atoms with van der Waals surface area (Å²) in [7, 11) is 0. The summed E-state index contributed by atoms with van der Waals surface area (Å²) >= 11 is 1.61. The van der Waals surface area contributed by atoms with Gasteiger partial charge in [-0.25, -0.2) is 9.78 Å². The molecule has 2 amide bonds. The third kappa shape index (κ3) is 6.07. The van der Waals surface area contributed by atoms with Gasteiger partial charge < -0.3 is 10.1 Å². The Morgan fingerprint density at radius 2 is 2.00 bits per heavy atom. The highest BCUT2D eigenvalue weighted by atomic mass is 32.1. The van der Waals surface area contributed by atoms with Gasteiger partial charge in [0.1, 0.15) is 10.8 Å². The number of amides is 2. The van der Waals surface area contributed by atoms with Crippen LogP contribution < -0.4 is 15.0 Å². The van der Waals surface area contributed by atoms with Gasteiger partial charge in [0, 0.05) is 28.9 Å². The summed E-state index contributed by atoms with van der Waals surface area (Å²) in [4.78, 5) is 19.1. The Bertz CT molecular complexity index is 924. The number of carbonyl (C=O) groups is 1. The molecule has 30 heavy (non-hydrogen) atoms. The molecular formula is C24H29N3O2S. The van der Waals surface area contributed by atoms with Gasteiger partial charge in [0.15, 0.2) is 0 Å². The maximum Gasteiger partial charge on any atom is 0.322 e. The first-order chi connectivity index (χ1) is 14.6. The molecule has 1 N–H and O–H groups in total. The molecule has 1 aromatic heterocycles. The second-order valence-corrected chi connectivity index (χ2v) is 8.32. The van der Waals surface area contributed by atoms with Crippen LogP contribution in [0.4, 0.5) is 10.5 Å². The summed E-state index contributed by atoms with van der Waals surface area (Å²) < 4.78 is 5.76. The van der Waals surface area contributed by atoms with Crippen molar-refractivity contribution in [1.82, 2.24) is 10.3 Å². The zero-order valence-electron chi connectivity index (χ0n) is 17.8. The van der Waals surface area contributed by atoms with Gasteiger partial charge in [0.2, 0.25) is 0 Å². The first-order valence-electron chi connectivity index (χ1n) is 10.4. The number of ether oxygens (including phenoxy) is 1. The summed E-state index contributed by atoms with van der Waals surface area (Å²) in [6, 6.07) is 15.8. The highest BCUT2D eigenvalue weighted by Crippen LogP contribution is 2.25. The normalized spacial score (nSPS) is 10.8. The minimum atomic E-state index is -0.121. The van der Waals surface area contributed by atoms with Crippen LogP contribution in [0.3, 0.4) is 0 Å². The van der Waals surface area contributed by atoms with Crippen LogP contribution in [0.25, 0.3) is 10.6 Å². The molecule has 158 valence electrons. The molecule has 0 atom stereocenters. The van der Waals surface area contributed by atoms with E-state index in [1.54, 1.807) is 22.4 Å². The van der Waals surface area contributed by atoms with E-state index in [2.05, 4.69) is 23.3 Å². The van der Waals surface area contributed by atoms with Crippen molar-refractivity contribution in [1.29, 1.82) is 0 Å². The number of hydrogen-bond acceptors (Lipinski definition) is 4. The minimum absolute atomic E-state index is 0.0540. The van der Waals surface area contributed by atoms with Crippen LogP contribution in [-0.4, -0.2) is 23.7 Å². The number of anilines is 1. The quantitative estimate of drug-likeness (QED) is 0.422. The molecule has 0 aliphatic rings. The van der Waals surface area contributed by atoms with E-state index in [-0.39, 0.29) is 12.1 Å². The number of nitrogens with one attached hydrogen (secondary N) is 1. The van der Waals surface area contributed by atoms with Crippen LogP contribution in [0.15, 0.2) is 60.1 Å². The van der Waals surface area contributed by atoms with Gasteiger partial charge in [0.05, 0.1) is 13.2 Å². The van der Waals surface area contributed by atoms with Crippen molar-refractivity contribution in [2.24, 2.45) is 0 Å². The number of thiazole rings is 1. The van der Waals surface area contributed by atoms with Crippen molar-refractivity contribution >= 4 is 23.1 Å². The predicted molar refractivity (Wildman–Crippen MR) is 124 cm³/mol. The van der Waals surface area contributed by atoms with Gasteiger partial charge >= 0.3 is 6.03 Å². The van der Waals surface area contributed by atoms with Gasteiger partial charge in [-0.15, -0.1) is 11.3 Å². The largest absolute Gasteiger partial charge is 0.494 e. The van der Waals surface area contributed by atoms with Crippen LogP contribution in [0, 0.1) is 0 Å². The Kier molecular flexibility index (Phi) is 7.85. The van der Waals surface area contributed by atoms with Crippen molar-refractivity contribution in [3.8, 4) is 16.3 Å². The van der Waals surface area contributed by atoms with E-state index in [1.165, 1.54) is 0 Å². The Morgan fingerprint density at radius 1 is 1.20 bits per heavy atom. The van der Waals surface area contributed by atoms with E-state index in [0.717, 1.165) is 40.4 Å². The number of hydrogen-bond donors (Lipinski definition) is 1. The molecule has 3 rings (SSSR count). The lowest BCUT2D eigenvalue weighted by Gasteiger charge is -2.25. The molecule has 0 aliphatic carbocycles. The Balaban J connectivity index is 1.81.